The second kappa shape index (κ2) is 6.96. The van der Waals surface area contributed by atoms with E-state index in [2.05, 4.69) is 4.98 Å². The maximum absolute atomic E-state index is 11.7. The summed E-state index contributed by atoms with van der Waals surface area (Å²) in [4.78, 5) is 25.5. The van der Waals surface area contributed by atoms with Gasteiger partial charge in [0, 0.05) is 18.3 Å². The van der Waals surface area contributed by atoms with Gasteiger partial charge in [0.05, 0.1) is 12.2 Å². The van der Waals surface area contributed by atoms with Crippen LogP contribution in [0.25, 0.3) is 0 Å². The fraction of sp³-hybridized carbons (Fsp3) is 0.364. The van der Waals surface area contributed by atoms with Crippen LogP contribution in [0.1, 0.15) is 12.1 Å². The number of pyridine rings is 1. The summed E-state index contributed by atoms with van der Waals surface area (Å²) >= 11 is 0. The molecule has 0 fully saturated rings. The van der Waals surface area contributed by atoms with Gasteiger partial charge >= 0.3 is 5.97 Å². The quantitative estimate of drug-likeness (QED) is 0.555. The van der Waals surface area contributed by atoms with E-state index < -0.39 is 34.4 Å². The van der Waals surface area contributed by atoms with Crippen molar-refractivity contribution in [3.8, 4) is 0 Å². The molecule has 0 bridgehead atoms. The predicted molar refractivity (Wildman–Crippen MR) is 70.1 cm³/mol. The molecule has 1 amide bonds. The van der Waals surface area contributed by atoms with Crippen LogP contribution < -0.4 is 10.5 Å². The number of hydrogen-bond acceptors (Lipinski definition) is 5. The molecule has 1 rings (SSSR count). The van der Waals surface area contributed by atoms with Crippen molar-refractivity contribution < 1.29 is 23.1 Å². The van der Waals surface area contributed by atoms with Crippen molar-refractivity contribution >= 4 is 21.9 Å². The van der Waals surface area contributed by atoms with E-state index in [1.807, 2.05) is 4.72 Å². The zero-order chi connectivity index (χ0) is 15.2. The maximum Gasteiger partial charge on any atom is 0.322 e. The fourth-order valence-electron chi connectivity index (χ4n) is 1.44. The van der Waals surface area contributed by atoms with E-state index in [9.17, 15) is 18.0 Å². The molecule has 1 heterocycles. The summed E-state index contributed by atoms with van der Waals surface area (Å²) in [5.41, 5.74) is 5.44. The van der Waals surface area contributed by atoms with Crippen LogP contribution in [0, 0.1) is 0 Å². The highest BCUT2D eigenvalue weighted by atomic mass is 32.2. The summed E-state index contributed by atoms with van der Waals surface area (Å²) in [5, 5.41) is 8.82. The molecule has 0 saturated heterocycles. The van der Waals surface area contributed by atoms with Crippen molar-refractivity contribution in [3.05, 3.63) is 30.1 Å². The van der Waals surface area contributed by atoms with Gasteiger partial charge in [-0.15, -0.1) is 0 Å². The molecule has 0 unspecified atom stereocenters. The zero-order valence-corrected chi connectivity index (χ0v) is 11.3. The van der Waals surface area contributed by atoms with Crippen LogP contribution in [0.2, 0.25) is 0 Å². The Labute approximate surface area is 116 Å². The number of carboxylic acid groups (broad SMARTS) is 1. The van der Waals surface area contributed by atoms with Gasteiger partial charge in [0.2, 0.25) is 15.9 Å². The molecule has 110 valence electrons. The van der Waals surface area contributed by atoms with Crippen molar-refractivity contribution in [2.75, 3.05) is 5.75 Å². The lowest BCUT2D eigenvalue weighted by atomic mass is 10.2. The summed E-state index contributed by atoms with van der Waals surface area (Å²) in [5.74, 6) is -2.68. The summed E-state index contributed by atoms with van der Waals surface area (Å²) in [7, 11) is -3.85. The van der Waals surface area contributed by atoms with E-state index in [0.717, 1.165) is 0 Å². The number of hydrogen-bond donors (Lipinski definition) is 3. The number of primary amides is 1. The van der Waals surface area contributed by atoms with E-state index in [1.165, 1.54) is 6.20 Å². The van der Waals surface area contributed by atoms with Crippen LogP contribution >= 0.6 is 0 Å². The average molecular weight is 301 g/mol. The van der Waals surface area contributed by atoms with E-state index in [-0.39, 0.29) is 12.2 Å². The molecular weight excluding hydrogens is 286 g/mol. The first-order valence-corrected chi connectivity index (χ1v) is 7.36. The molecule has 1 aromatic heterocycles. The van der Waals surface area contributed by atoms with E-state index in [4.69, 9.17) is 10.8 Å². The summed E-state index contributed by atoms with van der Waals surface area (Å²) in [6.45, 7) is 0. The standard InChI is InChI=1S/C11H15N3O5S/c12-10(15)7-9(11(16)17)14-20(18,19)6-4-8-3-1-2-5-13-8/h1-3,5,9,14H,4,6-7H2,(H2,12,15)(H,16,17)/t9-/m1/s1. The number of amides is 1. The number of nitrogens with two attached hydrogens (primary N) is 1. The van der Waals surface area contributed by atoms with E-state index in [0.29, 0.717) is 5.69 Å². The average Bonchev–Trinajstić information content (AvgIpc) is 2.36. The zero-order valence-electron chi connectivity index (χ0n) is 10.5. The number of sulfonamides is 1. The Kier molecular flexibility index (Phi) is 5.59. The second-order valence-electron chi connectivity index (χ2n) is 4.07. The smallest absolute Gasteiger partial charge is 0.322 e. The number of nitrogens with zero attached hydrogens (tertiary/aromatic N) is 1. The van der Waals surface area contributed by atoms with Crippen LogP contribution in [0.5, 0.6) is 0 Å². The summed E-state index contributed by atoms with van der Waals surface area (Å²) in [6, 6.07) is 3.52. The largest absolute Gasteiger partial charge is 0.480 e. The van der Waals surface area contributed by atoms with Crippen molar-refractivity contribution in [3.63, 3.8) is 0 Å². The Morgan fingerprint density at radius 2 is 2.10 bits per heavy atom. The van der Waals surface area contributed by atoms with Crippen molar-refractivity contribution in [2.45, 2.75) is 18.9 Å². The van der Waals surface area contributed by atoms with Gasteiger partial charge in [-0.2, -0.15) is 0 Å². The minimum Gasteiger partial charge on any atom is -0.480 e. The highest BCUT2D eigenvalue weighted by molar-refractivity contribution is 7.89. The third-order valence-electron chi connectivity index (χ3n) is 2.38. The number of carbonyl (C=O) groups excluding carboxylic acids is 1. The number of aromatic nitrogens is 1. The molecule has 20 heavy (non-hydrogen) atoms. The van der Waals surface area contributed by atoms with Gasteiger partial charge in [-0.25, -0.2) is 13.1 Å². The molecule has 8 nitrogen and oxygen atoms in total. The minimum atomic E-state index is -3.85. The Morgan fingerprint density at radius 1 is 1.40 bits per heavy atom. The molecule has 0 radical (unpaired) electrons. The third kappa shape index (κ3) is 5.76. The number of aryl methyl sites for hydroxylation is 1. The van der Waals surface area contributed by atoms with Gasteiger partial charge in [0.15, 0.2) is 0 Å². The van der Waals surface area contributed by atoms with Gasteiger partial charge in [-0.1, -0.05) is 6.07 Å². The second-order valence-corrected chi connectivity index (χ2v) is 5.94. The summed E-state index contributed by atoms with van der Waals surface area (Å²) < 4.78 is 25.4. The maximum atomic E-state index is 11.7. The van der Waals surface area contributed by atoms with Crippen LogP contribution in [0.3, 0.4) is 0 Å². The highest BCUT2D eigenvalue weighted by Crippen LogP contribution is 2.00. The molecule has 9 heteroatoms. The van der Waals surface area contributed by atoms with Crippen molar-refractivity contribution in [1.29, 1.82) is 0 Å². The number of carboxylic acids is 1. The molecule has 0 saturated carbocycles. The molecule has 0 spiro atoms. The summed E-state index contributed by atoms with van der Waals surface area (Å²) in [6.07, 6.45) is 1.07. The van der Waals surface area contributed by atoms with Gasteiger partial charge in [-0.3, -0.25) is 14.6 Å². The van der Waals surface area contributed by atoms with Gasteiger partial charge in [0.25, 0.3) is 0 Å². The molecule has 0 aliphatic carbocycles. The molecule has 1 atom stereocenters. The van der Waals surface area contributed by atoms with Crippen LogP contribution in [-0.4, -0.2) is 42.2 Å². The topological polar surface area (TPSA) is 139 Å². The first-order chi connectivity index (χ1) is 9.30. The van der Waals surface area contributed by atoms with Gasteiger partial charge in [0.1, 0.15) is 6.04 Å². The number of rotatable bonds is 8. The van der Waals surface area contributed by atoms with Crippen LogP contribution in [0.4, 0.5) is 0 Å². The monoisotopic (exact) mass is 301 g/mol. The molecule has 0 aliphatic heterocycles. The lowest BCUT2D eigenvalue weighted by Crippen LogP contribution is -2.44. The molecule has 0 aliphatic rings. The SMILES string of the molecule is NC(=O)C[C@@H](NS(=O)(=O)CCc1ccccn1)C(=O)O. The van der Waals surface area contributed by atoms with Gasteiger partial charge < -0.3 is 10.8 Å². The normalized spacial score (nSPS) is 12.8. The van der Waals surface area contributed by atoms with Crippen molar-refractivity contribution in [1.82, 2.24) is 9.71 Å². The number of nitrogens with one attached hydrogen (secondary N) is 1. The van der Waals surface area contributed by atoms with Crippen LogP contribution in [0.15, 0.2) is 24.4 Å². The Bertz CT molecular complexity index is 573. The van der Waals surface area contributed by atoms with Crippen molar-refractivity contribution in [2.24, 2.45) is 5.73 Å². The predicted octanol–water partition coefficient (Wildman–Crippen LogP) is -1.13. The molecule has 0 aromatic carbocycles. The third-order valence-corrected chi connectivity index (χ3v) is 3.76. The first-order valence-electron chi connectivity index (χ1n) is 5.71. The fourth-order valence-corrected chi connectivity index (χ4v) is 2.65. The highest BCUT2D eigenvalue weighted by Gasteiger charge is 2.25. The molecule has 4 N–H and O–H groups in total. The van der Waals surface area contributed by atoms with Crippen LogP contribution in [-0.2, 0) is 26.0 Å². The Hall–Kier alpha value is -2.00. The van der Waals surface area contributed by atoms with E-state index in [1.54, 1.807) is 18.2 Å². The number of aliphatic carboxylic acids is 1. The minimum absolute atomic E-state index is 0.138. The Morgan fingerprint density at radius 3 is 2.60 bits per heavy atom. The van der Waals surface area contributed by atoms with E-state index >= 15 is 0 Å². The van der Waals surface area contributed by atoms with Gasteiger partial charge in [-0.05, 0) is 12.1 Å². The first kappa shape index (κ1) is 16.1. The number of carbonyl (C=O) groups is 2. The molecule has 1 aromatic rings. The molecular formula is C11H15N3O5S. The lowest BCUT2D eigenvalue weighted by Gasteiger charge is -2.13. The Balaban J connectivity index is 2.63. The lowest BCUT2D eigenvalue weighted by molar-refractivity contribution is -0.140.